The number of fused-ring (bicyclic) bond motifs is 1. The summed E-state index contributed by atoms with van der Waals surface area (Å²) in [6.45, 7) is 6.21. The van der Waals surface area contributed by atoms with Crippen LogP contribution in [-0.4, -0.2) is 11.5 Å². The maximum absolute atomic E-state index is 4.50. The van der Waals surface area contributed by atoms with Gasteiger partial charge in [0.2, 0.25) is 0 Å². The maximum Gasteiger partial charge on any atom is 0.0845 e. The number of hydrogen-bond acceptors (Lipinski definition) is 3. The SMILES string of the molecule is CCNCc1cccc(-c2sc3cccnc3c2C)c1. The van der Waals surface area contributed by atoms with E-state index in [0.29, 0.717) is 0 Å². The molecule has 0 aliphatic rings. The zero-order chi connectivity index (χ0) is 13.9. The van der Waals surface area contributed by atoms with Gasteiger partial charge in [0, 0.05) is 17.6 Å². The van der Waals surface area contributed by atoms with Gasteiger partial charge in [-0.1, -0.05) is 25.1 Å². The van der Waals surface area contributed by atoms with Gasteiger partial charge in [-0.05, 0) is 48.4 Å². The van der Waals surface area contributed by atoms with Crippen molar-refractivity contribution in [3.8, 4) is 10.4 Å². The molecule has 102 valence electrons. The Bertz CT molecular complexity index is 731. The Kier molecular flexibility index (Phi) is 3.81. The molecule has 0 amide bonds. The topological polar surface area (TPSA) is 24.9 Å². The van der Waals surface area contributed by atoms with Gasteiger partial charge in [-0.3, -0.25) is 4.98 Å². The summed E-state index contributed by atoms with van der Waals surface area (Å²) < 4.78 is 1.26. The zero-order valence-corrected chi connectivity index (χ0v) is 12.6. The van der Waals surface area contributed by atoms with Gasteiger partial charge in [0.25, 0.3) is 0 Å². The van der Waals surface area contributed by atoms with Crippen LogP contribution in [0, 0.1) is 6.92 Å². The molecule has 3 aromatic rings. The number of rotatable bonds is 4. The second-order valence-electron chi connectivity index (χ2n) is 4.89. The van der Waals surface area contributed by atoms with Crippen molar-refractivity contribution in [3.05, 3.63) is 53.7 Å². The molecule has 0 radical (unpaired) electrons. The van der Waals surface area contributed by atoms with Crippen LogP contribution in [0.4, 0.5) is 0 Å². The fraction of sp³-hybridized carbons (Fsp3) is 0.235. The first-order valence-corrected chi connectivity index (χ1v) is 7.75. The Morgan fingerprint density at radius 2 is 2.10 bits per heavy atom. The smallest absolute Gasteiger partial charge is 0.0845 e. The van der Waals surface area contributed by atoms with Gasteiger partial charge in [0.15, 0.2) is 0 Å². The summed E-state index contributed by atoms with van der Waals surface area (Å²) in [5, 5.41) is 3.38. The van der Waals surface area contributed by atoms with E-state index in [1.54, 1.807) is 0 Å². The van der Waals surface area contributed by atoms with Crippen molar-refractivity contribution in [1.29, 1.82) is 0 Å². The molecule has 0 fully saturated rings. The average molecular weight is 282 g/mol. The van der Waals surface area contributed by atoms with E-state index >= 15 is 0 Å². The third-order valence-electron chi connectivity index (χ3n) is 3.45. The Labute approximate surface area is 123 Å². The van der Waals surface area contributed by atoms with Gasteiger partial charge in [0.05, 0.1) is 10.2 Å². The molecule has 2 nitrogen and oxygen atoms in total. The second kappa shape index (κ2) is 5.73. The Hall–Kier alpha value is -1.71. The van der Waals surface area contributed by atoms with E-state index in [1.807, 2.05) is 23.6 Å². The Morgan fingerprint density at radius 1 is 1.20 bits per heavy atom. The summed E-state index contributed by atoms with van der Waals surface area (Å²) in [7, 11) is 0. The van der Waals surface area contributed by atoms with Crippen LogP contribution in [0.25, 0.3) is 20.7 Å². The molecule has 0 saturated heterocycles. The number of nitrogens with one attached hydrogen (secondary N) is 1. The number of thiophene rings is 1. The summed E-state index contributed by atoms with van der Waals surface area (Å²) >= 11 is 1.83. The predicted octanol–water partition coefficient (Wildman–Crippen LogP) is 4.38. The molecule has 1 aromatic carbocycles. The summed E-state index contributed by atoms with van der Waals surface area (Å²) in [5.41, 5.74) is 5.03. The van der Waals surface area contributed by atoms with Crippen molar-refractivity contribution in [3.63, 3.8) is 0 Å². The number of pyridine rings is 1. The lowest BCUT2D eigenvalue weighted by atomic mass is 10.1. The van der Waals surface area contributed by atoms with Gasteiger partial charge < -0.3 is 5.32 Å². The molecule has 0 aliphatic heterocycles. The molecule has 3 heteroatoms. The van der Waals surface area contributed by atoms with Crippen molar-refractivity contribution < 1.29 is 0 Å². The predicted molar refractivity (Wildman–Crippen MR) is 87.2 cm³/mol. The number of hydrogen-bond donors (Lipinski definition) is 1. The van der Waals surface area contributed by atoms with E-state index in [1.165, 1.54) is 26.3 Å². The minimum atomic E-state index is 0.923. The van der Waals surface area contributed by atoms with Crippen molar-refractivity contribution in [2.24, 2.45) is 0 Å². The van der Waals surface area contributed by atoms with Crippen LogP contribution < -0.4 is 5.32 Å². The molecule has 1 N–H and O–H groups in total. The fourth-order valence-electron chi connectivity index (χ4n) is 2.42. The van der Waals surface area contributed by atoms with Gasteiger partial charge in [-0.15, -0.1) is 11.3 Å². The molecular formula is C17H18N2S. The first-order valence-electron chi connectivity index (χ1n) is 6.93. The molecular weight excluding hydrogens is 264 g/mol. The van der Waals surface area contributed by atoms with Crippen LogP contribution in [0.5, 0.6) is 0 Å². The lowest BCUT2D eigenvalue weighted by Gasteiger charge is -2.05. The lowest BCUT2D eigenvalue weighted by Crippen LogP contribution is -2.11. The average Bonchev–Trinajstić information content (AvgIpc) is 2.83. The van der Waals surface area contributed by atoms with Crippen LogP contribution in [0.2, 0.25) is 0 Å². The summed E-state index contributed by atoms with van der Waals surface area (Å²) in [4.78, 5) is 5.83. The first kappa shape index (κ1) is 13.3. The van der Waals surface area contributed by atoms with E-state index in [2.05, 4.69) is 54.5 Å². The normalized spacial score (nSPS) is 11.1. The van der Waals surface area contributed by atoms with E-state index in [4.69, 9.17) is 0 Å². The third kappa shape index (κ3) is 2.47. The number of nitrogens with zero attached hydrogens (tertiary/aromatic N) is 1. The molecule has 2 heterocycles. The minimum Gasteiger partial charge on any atom is -0.313 e. The molecule has 0 bridgehead atoms. The maximum atomic E-state index is 4.50. The van der Waals surface area contributed by atoms with E-state index in [9.17, 15) is 0 Å². The van der Waals surface area contributed by atoms with Crippen molar-refractivity contribution >= 4 is 21.6 Å². The van der Waals surface area contributed by atoms with E-state index in [0.717, 1.165) is 18.6 Å². The molecule has 0 aliphatic carbocycles. The van der Waals surface area contributed by atoms with Crippen molar-refractivity contribution in [2.75, 3.05) is 6.54 Å². The summed E-state index contributed by atoms with van der Waals surface area (Å²) in [5.74, 6) is 0. The quantitative estimate of drug-likeness (QED) is 0.768. The monoisotopic (exact) mass is 282 g/mol. The first-order chi connectivity index (χ1) is 9.79. The van der Waals surface area contributed by atoms with Crippen LogP contribution in [0.3, 0.4) is 0 Å². The molecule has 20 heavy (non-hydrogen) atoms. The molecule has 0 unspecified atom stereocenters. The molecule has 3 rings (SSSR count). The van der Waals surface area contributed by atoms with Gasteiger partial charge in [-0.2, -0.15) is 0 Å². The Balaban J connectivity index is 2.04. The molecule has 0 spiro atoms. The van der Waals surface area contributed by atoms with Gasteiger partial charge in [-0.25, -0.2) is 0 Å². The number of benzene rings is 1. The highest BCUT2D eigenvalue weighted by Gasteiger charge is 2.11. The van der Waals surface area contributed by atoms with Crippen LogP contribution in [0.1, 0.15) is 18.1 Å². The van der Waals surface area contributed by atoms with Crippen LogP contribution >= 0.6 is 11.3 Å². The second-order valence-corrected chi connectivity index (χ2v) is 5.94. The number of aryl methyl sites for hydroxylation is 1. The zero-order valence-electron chi connectivity index (χ0n) is 11.8. The van der Waals surface area contributed by atoms with E-state index in [-0.39, 0.29) is 0 Å². The summed E-state index contributed by atoms with van der Waals surface area (Å²) in [6.07, 6.45) is 1.87. The number of aromatic nitrogens is 1. The minimum absolute atomic E-state index is 0.923. The van der Waals surface area contributed by atoms with Gasteiger partial charge >= 0.3 is 0 Å². The van der Waals surface area contributed by atoms with Gasteiger partial charge in [0.1, 0.15) is 0 Å². The molecule has 0 saturated carbocycles. The summed E-state index contributed by atoms with van der Waals surface area (Å²) in [6, 6.07) is 12.9. The largest absolute Gasteiger partial charge is 0.313 e. The molecule has 0 atom stereocenters. The highest BCUT2D eigenvalue weighted by molar-refractivity contribution is 7.22. The van der Waals surface area contributed by atoms with Crippen LogP contribution in [0.15, 0.2) is 42.6 Å². The van der Waals surface area contributed by atoms with Crippen LogP contribution in [-0.2, 0) is 6.54 Å². The highest BCUT2D eigenvalue weighted by Crippen LogP contribution is 2.37. The van der Waals surface area contributed by atoms with E-state index < -0.39 is 0 Å². The van der Waals surface area contributed by atoms with Crippen molar-refractivity contribution in [1.82, 2.24) is 10.3 Å². The van der Waals surface area contributed by atoms with Crippen molar-refractivity contribution in [2.45, 2.75) is 20.4 Å². The third-order valence-corrected chi connectivity index (χ3v) is 4.74. The fourth-order valence-corrected chi connectivity index (χ4v) is 3.58. The Morgan fingerprint density at radius 3 is 2.90 bits per heavy atom. The molecule has 2 aromatic heterocycles. The lowest BCUT2D eigenvalue weighted by molar-refractivity contribution is 0.727. The highest BCUT2D eigenvalue weighted by atomic mass is 32.1. The standard InChI is InChI=1S/C17H18N2S/c1-3-18-11-13-6-4-7-14(10-13)17-12(2)16-15(20-17)8-5-9-19-16/h4-10,18H,3,11H2,1-2H3.